The maximum atomic E-state index is 12.1. The lowest BCUT2D eigenvalue weighted by molar-refractivity contribution is -0.142. The summed E-state index contributed by atoms with van der Waals surface area (Å²) in [6.45, 7) is 3.49. The Bertz CT molecular complexity index is 1640. The highest BCUT2D eigenvalue weighted by molar-refractivity contribution is 5.96. The van der Waals surface area contributed by atoms with Crippen LogP contribution < -0.4 is 19.3 Å². The molecule has 0 aliphatic carbocycles. The zero-order valence-electron chi connectivity index (χ0n) is 26.2. The molecule has 1 amide bonds. The first-order valence-electron chi connectivity index (χ1n) is 15.9. The monoisotopic (exact) mass is 632 g/mol. The molecule has 2 bridgehead atoms. The summed E-state index contributed by atoms with van der Waals surface area (Å²) >= 11 is 0. The van der Waals surface area contributed by atoms with Crippen LogP contribution in [0.25, 0.3) is 10.8 Å². The molecule has 0 saturated carbocycles. The Morgan fingerprint density at radius 2 is 1.89 bits per heavy atom. The second kappa shape index (κ2) is 12.4. The number of hydrogen-bond acceptors (Lipinski definition) is 10. The normalized spacial score (nSPS) is 24.3. The fourth-order valence-electron chi connectivity index (χ4n) is 7.71. The molecule has 0 radical (unpaired) electrons. The van der Waals surface area contributed by atoms with Crippen molar-refractivity contribution < 1.29 is 34.0 Å². The van der Waals surface area contributed by atoms with E-state index in [2.05, 4.69) is 33.9 Å². The highest BCUT2D eigenvalue weighted by Crippen LogP contribution is 2.40. The molecule has 4 aliphatic rings. The van der Waals surface area contributed by atoms with E-state index < -0.39 is 30.1 Å². The number of amides is 1. The Hall–Kier alpha value is -4.36. The second-order valence-corrected chi connectivity index (χ2v) is 12.7. The van der Waals surface area contributed by atoms with Crippen LogP contribution in [0.4, 0.5) is 16.3 Å². The fourth-order valence-corrected chi connectivity index (χ4v) is 7.71. The number of aliphatic carboxylic acids is 1. The van der Waals surface area contributed by atoms with E-state index in [1.807, 2.05) is 24.3 Å². The number of likely N-dealkylation sites (tertiary alicyclic amines) is 1. The average Bonchev–Trinajstić information content (AvgIpc) is 3.58. The molecule has 13 nitrogen and oxygen atoms in total. The van der Waals surface area contributed by atoms with Gasteiger partial charge < -0.3 is 39.1 Å². The van der Waals surface area contributed by atoms with Crippen molar-refractivity contribution in [3.63, 3.8) is 0 Å². The van der Waals surface area contributed by atoms with Gasteiger partial charge in [0, 0.05) is 55.5 Å². The van der Waals surface area contributed by atoms with Gasteiger partial charge in [0.1, 0.15) is 18.2 Å². The van der Waals surface area contributed by atoms with E-state index >= 15 is 0 Å². The second-order valence-electron chi connectivity index (χ2n) is 12.7. The van der Waals surface area contributed by atoms with Crippen LogP contribution in [0.1, 0.15) is 30.5 Å². The fraction of sp³-hybridized carbons (Fsp3) is 0.515. The van der Waals surface area contributed by atoms with Gasteiger partial charge in [-0.05, 0) is 50.7 Å². The third-order valence-electron chi connectivity index (χ3n) is 10.0. The maximum Gasteiger partial charge on any atom is 0.407 e. The van der Waals surface area contributed by atoms with Crippen molar-refractivity contribution in [2.75, 3.05) is 63.5 Å². The number of carboxylic acid groups (broad SMARTS) is 2. The first-order valence-corrected chi connectivity index (χ1v) is 15.9. The van der Waals surface area contributed by atoms with Crippen molar-refractivity contribution in [3.8, 4) is 11.8 Å². The number of anilines is 2. The lowest BCUT2D eigenvalue weighted by Gasteiger charge is -2.42. The number of aromatic nitrogens is 2. The maximum absolute atomic E-state index is 12.1. The molecule has 1 unspecified atom stereocenters. The Labute approximate surface area is 267 Å². The standard InChI is InChI=1S/C33H40N6O7/c1-36-10-5-7-21(36)18-45-32-34-27-16-37(28-14-23(46-19-44-2)12-20-6-3-4-8-24(20)28)11-9-25(27)30(35-32)38-15-22-13-26(31(40)41)29(17-38)39(22)33(42)43/h3-4,6,8,12,14,21-22,26,29H,5,7,9-11,13,15-19H2,1-2H3,(H,40,41)(H,42,43)/t21?,22-,26-,29-/m0/s1. The number of carbonyl (C=O) groups is 2. The summed E-state index contributed by atoms with van der Waals surface area (Å²) in [6, 6.07) is 11.8. The van der Waals surface area contributed by atoms with Crippen LogP contribution in [0.3, 0.4) is 0 Å². The Kier molecular flexibility index (Phi) is 8.20. The van der Waals surface area contributed by atoms with Gasteiger partial charge >= 0.3 is 18.1 Å². The van der Waals surface area contributed by atoms with E-state index in [1.54, 1.807) is 7.11 Å². The molecule has 5 heterocycles. The van der Waals surface area contributed by atoms with Gasteiger partial charge in [-0.25, -0.2) is 4.79 Å². The molecule has 4 aliphatic heterocycles. The molecule has 3 saturated heterocycles. The van der Waals surface area contributed by atoms with E-state index in [0.717, 1.165) is 47.1 Å². The molecule has 13 heteroatoms. The van der Waals surface area contributed by atoms with Crippen LogP contribution in [0.2, 0.25) is 0 Å². The number of piperazine rings is 1. The zero-order chi connectivity index (χ0) is 31.9. The van der Waals surface area contributed by atoms with Crippen LogP contribution in [0.15, 0.2) is 36.4 Å². The number of ether oxygens (including phenoxy) is 3. The number of methoxy groups -OCH3 is 1. The number of fused-ring (bicyclic) bond motifs is 4. The average molecular weight is 633 g/mol. The molecule has 7 rings (SSSR count). The lowest BCUT2D eigenvalue weighted by atomic mass is 10.00. The van der Waals surface area contributed by atoms with Gasteiger partial charge in [-0.3, -0.25) is 9.69 Å². The summed E-state index contributed by atoms with van der Waals surface area (Å²) in [5.41, 5.74) is 2.87. The molecule has 4 atom stereocenters. The van der Waals surface area contributed by atoms with Gasteiger partial charge in [-0.15, -0.1) is 0 Å². The van der Waals surface area contributed by atoms with Crippen molar-refractivity contribution in [1.29, 1.82) is 0 Å². The minimum Gasteiger partial charge on any atom is -0.481 e. The van der Waals surface area contributed by atoms with E-state index in [-0.39, 0.29) is 25.8 Å². The van der Waals surface area contributed by atoms with Crippen LogP contribution in [-0.2, 0) is 22.5 Å². The molecular formula is C33H40N6O7. The Morgan fingerprint density at radius 3 is 2.65 bits per heavy atom. The molecule has 2 N–H and O–H groups in total. The number of likely N-dealkylation sites (N-methyl/N-ethyl adjacent to an activating group) is 1. The van der Waals surface area contributed by atoms with E-state index in [9.17, 15) is 19.8 Å². The van der Waals surface area contributed by atoms with Gasteiger partial charge in [0.2, 0.25) is 0 Å². The molecule has 3 aromatic rings. The van der Waals surface area contributed by atoms with Crippen molar-refractivity contribution in [2.45, 2.75) is 50.4 Å². The zero-order valence-corrected chi connectivity index (χ0v) is 26.2. The van der Waals surface area contributed by atoms with E-state index in [1.165, 1.54) is 4.90 Å². The minimum absolute atomic E-state index is 0.147. The Morgan fingerprint density at radius 1 is 1.04 bits per heavy atom. The third-order valence-corrected chi connectivity index (χ3v) is 10.0. The largest absolute Gasteiger partial charge is 0.481 e. The van der Waals surface area contributed by atoms with Crippen molar-refractivity contribution in [3.05, 3.63) is 47.7 Å². The highest BCUT2D eigenvalue weighted by atomic mass is 16.7. The van der Waals surface area contributed by atoms with Gasteiger partial charge in [-0.2, -0.15) is 9.97 Å². The van der Waals surface area contributed by atoms with Crippen molar-refractivity contribution in [1.82, 2.24) is 19.8 Å². The summed E-state index contributed by atoms with van der Waals surface area (Å²) in [6.07, 6.45) is 2.04. The Balaban J connectivity index is 1.24. The minimum atomic E-state index is -1.08. The number of benzene rings is 2. The number of rotatable bonds is 9. The highest BCUT2D eigenvalue weighted by Gasteiger charge is 2.52. The summed E-state index contributed by atoms with van der Waals surface area (Å²) in [4.78, 5) is 42.1. The SMILES string of the molecule is COCOc1cc(N2CCc3c(nc(OCC4CCCN4C)nc3N3C[C@@H]4C[C@H](C(=O)O)[C@H](C3)N4C(=O)O)C2)c2ccccc2c1. The van der Waals surface area contributed by atoms with Crippen molar-refractivity contribution in [2.24, 2.45) is 5.92 Å². The first kappa shape index (κ1) is 30.3. The van der Waals surface area contributed by atoms with Gasteiger partial charge in [0.15, 0.2) is 6.79 Å². The van der Waals surface area contributed by atoms with Crippen LogP contribution in [0, 0.1) is 5.92 Å². The molecule has 46 heavy (non-hydrogen) atoms. The third kappa shape index (κ3) is 5.62. The van der Waals surface area contributed by atoms with Gasteiger partial charge in [0.25, 0.3) is 0 Å². The topological polar surface area (TPSA) is 141 Å². The molecule has 0 spiro atoms. The van der Waals surface area contributed by atoms with Crippen LogP contribution >= 0.6 is 0 Å². The van der Waals surface area contributed by atoms with Crippen LogP contribution in [-0.4, -0.2) is 114 Å². The van der Waals surface area contributed by atoms with Gasteiger partial charge in [0.05, 0.1) is 30.2 Å². The predicted octanol–water partition coefficient (Wildman–Crippen LogP) is 3.29. The molecule has 244 valence electrons. The summed E-state index contributed by atoms with van der Waals surface area (Å²) in [7, 11) is 3.70. The predicted molar refractivity (Wildman–Crippen MR) is 170 cm³/mol. The molecule has 1 aromatic heterocycles. The number of nitrogens with zero attached hydrogens (tertiary/aromatic N) is 6. The van der Waals surface area contributed by atoms with Crippen molar-refractivity contribution >= 4 is 34.3 Å². The summed E-state index contributed by atoms with van der Waals surface area (Å²) < 4.78 is 17.3. The van der Waals surface area contributed by atoms with E-state index in [0.29, 0.717) is 50.2 Å². The van der Waals surface area contributed by atoms with E-state index in [4.69, 9.17) is 24.2 Å². The molecular weight excluding hydrogens is 592 g/mol. The smallest absolute Gasteiger partial charge is 0.407 e. The molecule has 3 fully saturated rings. The quantitative estimate of drug-likeness (QED) is 0.335. The summed E-state index contributed by atoms with van der Waals surface area (Å²) in [5, 5.41) is 22.0. The first-order chi connectivity index (χ1) is 22.3. The lowest BCUT2D eigenvalue weighted by Crippen LogP contribution is -2.57. The molecule has 2 aromatic carbocycles. The van der Waals surface area contributed by atoms with Gasteiger partial charge in [-0.1, -0.05) is 24.3 Å². The summed E-state index contributed by atoms with van der Waals surface area (Å²) in [5.74, 6) is -0.287. The number of hydrogen-bond donors (Lipinski definition) is 2. The van der Waals surface area contributed by atoms with Crippen LogP contribution in [0.5, 0.6) is 11.8 Å². The number of carboxylic acids is 1.